The van der Waals surface area contributed by atoms with Crippen LogP contribution in [0.5, 0.6) is 5.75 Å². The van der Waals surface area contributed by atoms with E-state index in [9.17, 15) is 4.79 Å². The van der Waals surface area contributed by atoms with Gasteiger partial charge in [-0.25, -0.2) is 5.43 Å². The molecule has 0 unspecified atom stereocenters. The van der Waals surface area contributed by atoms with Crippen molar-refractivity contribution in [2.24, 2.45) is 5.10 Å². The second-order valence-corrected chi connectivity index (χ2v) is 5.49. The molecule has 1 amide bonds. The fourth-order valence-electron chi connectivity index (χ4n) is 2.25. The molecule has 0 saturated carbocycles. The van der Waals surface area contributed by atoms with Crippen molar-refractivity contribution in [2.75, 3.05) is 6.61 Å². The lowest BCUT2D eigenvalue weighted by atomic mass is 10.1. The van der Waals surface area contributed by atoms with Gasteiger partial charge in [-0.15, -0.1) is 0 Å². The van der Waals surface area contributed by atoms with E-state index in [1.807, 2.05) is 60.7 Å². The van der Waals surface area contributed by atoms with Crippen LogP contribution in [0.3, 0.4) is 0 Å². The first kappa shape index (κ1) is 16.0. The van der Waals surface area contributed by atoms with Gasteiger partial charge in [0, 0.05) is 16.0 Å². The van der Waals surface area contributed by atoms with E-state index in [1.54, 1.807) is 6.07 Å². The van der Waals surface area contributed by atoms with Crippen molar-refractivity contribution in [1.82, 2.24) is 5.43 Å². The van der Waals surface area contributed by atoms with Crippen molar-refractivity contribution in [3.05, 3.63) is 77.3 Å². The van der Waals surface area contributed by atoms with Gasteiger partial charge in [0.25, 0.3) is 5.91 Å². The van der Waals surface area contributed by atoms with Crippen molar-refractivity contribution in [2.45, 2.75) is 0 Å². The molecule has 0 aliphatic rings. The zero-order valence-corrected chi connectivity index (χ0v) is 13.5. The van der Waals surface area contributed by atoms with Gasteiger partial charge in [0.05, 0.1) is 6.21 Å². The summed E-state index contributed by atoms with van der Waals surface area (Å²) in [5, 5.41) is 6.49. The first-order chi connectivity index (χ1) is 11.7. The third-order valence-corrected chi connectivity index (χ3v) is 3.75. The van der Waals surface area contributed by atoms with Gasteiger partial charge in [-0.05, 0) is 17.5 Å². The number of hydrogen-bond donors (Lipinski definition) is 1. The molecule has 1 N–H and O–H groups in total. The van der Waals surface area contributed by atoms with Crippen molar-refractivity contribution in [3.8, 4) is 5.75 Å². The minimum Gasteiger partial charge on any atom is -0.483 e. The quantitative estimate of drug-likeness (QED) is 0.564. The molecule has 0 saturated heterocycles. The number of nitrogens with one attached hydrogen (secondary N) is 1. The second-order valence-electron chi connectivity index (χ2n) is 5.08. The van der Waals surface area contributed by atoms with Crippen LogP contribution < -0.4 is 10.2 Å². The van der Waals surface area contributed by atoms with Crippen molar-refractivity contribution in [1.29, 1.82) is 0 Å². The summed E-state index contributed by atoms with van der Waals surface area (Å²) < 4.78 is 5.60. The number of ether oxygens (including phenoxy) is 1. The number of hydrogen-bond acceptors (Lipinski definition) is 3. The predicted octanol–water partition coefficient (Wildman–Crippen LogP) is 4.02. The summed E-state index contributed by atoms with van der Waals surface area (Å²) >= 11 is 6.01. The Morgan fingerprint density at radius 1 is 1.04 bits per heavy atom. The van der Waals surface area contributed by atoms with E-state index in [2.05, 4.69) is 10.5 Å². The van der Waals surface area contributed by atoms with Crippen LogP contribution in [0, 0.1) is 0 Å². The van der Waals surface area contributed by atoms with E-state index in [0.29, 0.717) is 10.8 Å². The number of benzene rings is 3. The highest BCUT2D eigenvalue weighted by molar-refractivity contribution is 6.33. The normalized spacial score (nSPS) is 10.9. The number of carbonyl (C=O) groups excluding carboxylic acids is 1. The van der Waals surface area contributed by atoms with E-state index in [0.717, 1.165) is 16.3 Å². The SMILES string of the molecule is O=C(COc1cccc2ccccc12)N/N=C/c1ccccc1Cl. The zero-order valence-electron chi connectivity index (χ0n) is 12.8. The number of carbonyl (C=O) groups is 1. The van der Waals surface area contributed by atoms with Gasteiger partial charge in [0.2, 0.25) is 0 Å². The third-order valence-electron chi connectivity index (χ3n) is 3.41. The maximum Gasteiger partial charge on any atom is 0.277 e. The summed E-state index contributed by atoms with van der Waals surface area (Å²) in [5.41, 5.74) is 3.15. The molecule has 0 radical (unpaired) electrons. The van der Waals surface area contributed by atoms with Crippen molar-refractivity contribution >= 4 is 34.5 Å². The lowest BCUT2D eigenvalue weighted by Gasteiger charge is -2.08. The maximum absolute atomic E-state index is 11.8. The Bertz CT molecular complexity index is 888. The predicted molar refractivity (Wildman–Crippen MR) is 96.6 cm³/mol. The van der Waals surface area contributed by atoms with E-state index in [1.165, 1.54) is 6.21 Å². The Kier molecular flexibility index (Phi) is 5.08. The number of nitrogens with zero attached hydrogens (tertiary/aromatic N) is 1. The van der Waals surface area contributed by atoms with Gasteiger partial charge in [-0.3, -0.25) is 4.79 Å². The van der Waals surface area contributed by atoms with Crippen LogP contribution in [-0.2, 0) is 4.79 Å². The lowest BCUT2D eigenvalue weighted by molar-refractivity contribution is -0.123. The van der Waals surface area contributed by atoms with Crippen LogP contribution in [0.4, 0.5) is 0 Å². The first-order valence-corrected chi connectivity index (χ1v) is 7.79. The zero-order chi connectivity index (χ0) is 16.8. The Balaban J connectivity index is 1.58. The highest BCUT2D eigenvalue weighted by Gasteiger charge is 2.05. The molecule has 0 atom stereocenters. The Morgan fingerprint density at radius 2 is 1.79 bits per heavy atom. The molecule has 5 heteroatoms. The Labute approximate surface area is 144 Å². The van der Waals surface area contributed by atoms with Gasteiger partial charge >= 0.3 is 0 Å². The highest BCUT2D eigenvalue weighted by Crippen LogP contribution is 2.24. The van der Waals surface area contributed by atoms with Gasteiger partial charge in [0.1, 0.15) is 5.75 Å². The second kappa shape index (κ2) is 7.62. The summed E-state index contributed by atoms with van der Waals surface area (Å²) in [4.78, 5) is 11.8. The Hall–Kier alpha value is -2.85. The molecule has 3 aromatic carbocycles. The van der Waals surface area contributed by atoms with Crippen molar-refractivity contribution in [3.63, 3.8) is 0 Å². The molecule has 4 nitrogen and oxygen atoms in total. The van der Waals surface area contributed by atoms with E-state index in [4.69, 9.17) is 16.3 Å². The summed E-state index contributed by atoms with van der Waals surface area (Å²) in [6.45, 7) is -0.117. The highest BCUT2D eigenvalue weighted by atomic mass is 35.5. The molecule has 24 heavy (non-hydrogen) atoms. The van der Waals surface area contributed by atoms with Gasteiger partial charge in [0.15, 0.2) is 6.61 Å². The first-order valence-electron chi connectivity index (χ1n) is 7.41. The largest absolute Gasteiger partial charge is 0.483 e. The molecule has 3 rings (SSSR count). The summed E-state index contributed by atoms with van der Waals surface area (Å²) in [7, 11) is 0. The lowest BCUT2D eigenvalue weighted by Crippen LogP contribution is -2.24. The van der Waals surface area contributed by atoms with Crippen LogP contribution in [-0.4, -0.2) is 18.7 Å². The molecule has 0 aliphatic heterocycles. The van der Waals surface area contributed by atoms with Gasteiger partial charge < -0.3 is 4.74 Å². The van der Waals surface area contributed by atoms with E-state index < -0.39 is 0 Å². The molecule has 0 bridgehead atoms. The monoisotopic (exact) mass is 338 g/mol. The van der Waals surface area contributed by atoms with Gasteiger partial charge in [-0.2, -0.15) is 5.10 Å². The number of halogens is 1. The molecule has 0 aromatic heterocycles. The summed E-state index contributed by atoms with van der Waals surface area (Å²) in [5.74, 6) is 0.324. The molecule has 0 aliphatic carbocycles. The average molecular weight is 339 g/mol. The number of rotatable bonds is 5. The summed E-state index contributed by atoms with van der Waals surface area (Å²) in [6, 6.07) is 20.8. The Morgan fingerprint density at radius 3 is 2.67 bits per heavy atom. The maximum atomic E-state index is 11.8. The fourth-order valence-corrected chi connectivity index (χ4v) is 2.44. The minimum absolute atomic E-state index is 0.117. The van der Waals surface area contributed by atoms with Crippen LogP contribution >= 0.6 is 11.6 Å². The van der Waals surface area contributed by atoms with Crippen LogP contribution in [0.25, 0.3) is 10.8 Å². The number of fused-ring (bicyclic) bond motifs is 1. The third kappa shape index (κ3) is 3.91. The van der Waals surface area contributed by atoms with Crippen LogP contribution in [0.2, 0.25) is 5.02 Å². The molecule has 0 spiro atoms. The summed E-state index contributed by atoms with van der Waals surface area (Å²) in [6.07, 6.45) is 1.50. The average Bonchev–Trinajstić information content (AvgIpc) is 2.61. The van der Waals surface area contributed by atoms with Crippen LogP contribution in [0.1, 0.15) is 5.56 Å². The van der Waals surface area contributed by atoms with Crippen molar-refractivity contribution < 1.29 is 9.53 Å². The molecular formula is C19H15ClN2O2. The molecular weight excluding hydrogens is 324 g/mol. The number of amides is 1. The number of hydrazone groups is 1. The van der Waals surface area contributed by atoms with Gasteiger partial charge in [-0.1, -0.05) is 66.2 Å². The minimum atomic E-state index is -0.341. The van der Waals surface area contributed by atoms with E-state index >= 15 is 0 Å². The molecule has 0 fully saturated rings. The van der Waals surface area contributed by atoms with E-state index in [-0.39, 0.29) is 12.5 Å². The smallest absolute Gasteiger partial charge is 0.277 e. The van der Waals surface area contributed by atoms with Crippen LogP contribution in [0.15, 0.2) is 71.8 Å². The molecule has 120 valence electrons. The fraction of sp³-hybridized carbons (Fsp3) is 0.0526. The molecule has 3 aromatic rings. The standard InChI is InChI=1S/C19H15ClN2O2/c20-17-10-4-2-7-15(17)12-21-22-19(23)13-24-18-11-5-8-14-6-1-3-9-16(14)18/h1-12H,13H2,(H,22,23)/b21-12+. The molecule has 0 heterocycles. The topological polar surface area (TPSA) is 50.7 Å².